The van der Waals surface area contributed by atoms with Crippen LogP contribution >= 0.6 is 0 Å². The predicted molar refractivity (Wildman–Crippen MR) is 238 cm³/mol. The molecule has 0 saturated heterocycles. The number of rotatable bonds is 36. The minimum atomic E-state index is -1.07. The summed E-state index contributed by atoms with van der Waals surface area (Å²) >= 11 is 0. The van der Waals surface area contributed by atoms with Gasteiger partial charge in [0.15, 0.2) is 5.96 Å². The lowest BCUT2D eigenvalue weighted by molar-refractivity contribution is -0.134. The van der Waals surface area contributed by atoms with Crippen molar-refractivity contribution in [3.8, 4) is 0 Å². The van der Waals surface area contributed by atoms with Crippen LogP contribution in [0, 0.1) is 17.8 Å². The molecule has 0 bridgehead atoms. The van der Waals surface area contributed by atoms with E-state index in [0.29, 0.717) is 32.1 Å². The van der Waals surface area contributed by atoms with Crippen LogP contribution in [0.15, 0.2) is 4.99 Å². The monoisotopic (exact) mass is 836 g/mol. The minimum Gasteiger partial charge on any atom is -0.370 e. The molecular formula is C44H85N9O6. The number of carbonyl (C=O) groups is 6. The first-order valence-electron chi connectivity index (χ1n) is 22.8. The lowest BCUT2D eigenvalue weighted by atomic mass is 9.96. The molecule has 0 unspecified atom stereocenters. The zero-order chi connectivity index (χ0) is 44.6. The molecule has 0 aromatic rings. The number of nitrogens with two attached hydrogens (primary N) is 3. The Bertz CT molecular complexity index is 1240. The van der Waals surface area contributed by atoms with Crippen molar-refractivity contribution in [1.29, 1.82) is 0 Å². The number of unbranched alkanes of at least 4 members (excludes halogenated alkanes) is 14. The highest BCUT2D eigenvalue weighted by Gasteiger charge is 2.31. The Balaban J connectivity index is 5.14. The van der Waals surface area contributed by atoms with E-state index in [9.17, 15) is 28.8 Å². The molecule has 0 aliphatic heterocycles. The van der Waals surface area contributed by atoms with Gasteiger partial charge in [0.2, 0.25) is 35.4 Å². The van der Waals surface area contributed by atoms with E-state index in [1.54, 1.807) is 0 Å². The summed E-state index contributed by atoms with van der Waals surface area (Å²) in [6.45, 7) is 13.4. The van der Waals surface area contributed by atoms with Gasteiger partial charge >= 0.3 is 0 Å². The van der Waals surface area contributed by atoms with Crippen molar-refractivity contribution in [2.75, 3.05) is 13.1 Å². The molecule has 11 N–H and O–H groups in total. The SMILES string of the molecule is CCCCCCCCCCCCCCCCCC(=O)N[C@@H](CC(C)C)C(=O)N[C@H](C(=O)NCC(=O)N[C@@H](CCCN=C(N)N)C(=O)N[C@@H](CC(C)C)C(N)=O)[C@@H](C)CC. The van der Waals surface area contributed by atoms with E-state index in [2.05, 4.69) is 38.5 Å². The van der Waals surface area contributed by atoms with Crippen LogP contribution in [0.2, 0.25) is 0 Å². The number of nitrogens with one attached hydrogen (secondary N) is 5. The third-order valence-electron chi connectivity index (χ3n) is 10.5. The van der Waals surface area contributed by atoms with Crippen LogP contribution in [-0.2, 0) is 28.8 Å². The van der Waals surface area contributed by atoms with E-state index in [1.807, 2.05) is 41.5 Å². The van der Waals surface area contributed by atoms with Gasteiger partial charge < -0.3 is 43.8 Å². The highest BCUT2D eigenvalue weighted by molar-refractivity contribution is 5.95. The van der Waals surface area contributed by atoms with Crippen molar-refractivity contribution in [1.82, 2.24) is 26.6 Å². The molecule has 6 amide bonds. The van der Waals surface area contributed by atoms with Gasteiger partial charge in [-0.1, -0.05) is 145 Å². The topological polar surface area (TPSA) is 253 Å². The molecule has 15 heteroatoms. The summed E-state index contributed by atoms with van der Waals surface area (Å²) in [5, 5.41) is 13.6. The van der Waals surface area contributed by atoms with Gasteiger partial charge in [-0.3, -0.25) is 33.8 Å². The van der Waals surface area contributed by atoms with E-state index in [4.69, 9.17) is 17.2 Å². The maximum absolute atomic E-state index is 13.6. The van der Waals surface area contributed by atoms with Crippen LogP contribution < -0.4 is 43.8 Å². The molecule has 59 heavy (non-hydrogen) atoms. The average Bonchev–Trinajstić information content (AvgIpc) is 3.17. The fourth-order valence-electron chi connectivity index (χ4n) is 6.87. The van der Waals surface area contributed by atoms with Crippen molar-refractivity contribution in [2.45, 2.75) is 207 Å². The Hall–Kier alpha value is -3.91. The molecule has 0 spiro atoms. The van der Waals surface area contributed by atoms with Crippen molar-refractivity contribution >= 4 is 41.4 Å². The van der Waals surface area contributed by atoms with Gasteiger partial charge in [0, 0.05) is 13.0 Å². The van der Waals surface area contributed by atoms with E-state index in [1.165, 1.54) is 77.0 Å². The highest BCUT2D eigenvalue weighted by Crippen LogP contribution is 2.15. The minimum absolute atomic E-state index is 0.0671. The first-order valence-corrected chi connectivity index (χ1v) is 22.8. The van der Waals surface area contributed by atoms with Crippen molar-refractivity contribution in [3.05, 3.63) is 0 Å². The average molecular weight is 836 g/mol. The summed E-state index contributed by atoms with van der Waals surface area (Å²) in [4.78, 5) is 82.3. The molecule has 0 saturated carbocycles. The number of amides is 6. The fourth-order valence-corrected chi connectivity index (χ4v) is 6.87. The van der Waals surface area contributed by atoms with Crippen molar-refractivity contribution in [3.63, 3.8) is 0 Å². The summed E-state index contributed by atoms with van der Waals surface area (Å²) in [6, 6.07) is -3.80. The summed E-state index contributed by atoms with van der Waals surface area (Å²) in [7, 11) is 0. The van der Waals surface area contributed by atoms with Gasteiger partial charge in [0.1, 0.15) is 24.2 Å². The van der Waals surface area contributed by atoms with Crippen molar-refractivity contribution in [2.24, 2.45) is 39.9 Å². The standard InChI is InChI=1S/C44H85N9O6/c1-8-10-11-12-13-14-15-16-17-18-19-20-21-22-23-26-37(54)51-36(29-32(5)6)42(58)53-39(33(7)9-2)43(59)49-30-38(55)50-34(25-24-27-48-44(46)47)41(57)52-35(40(45)56)28-31(3)4/h31-36,39H,8-30H2,1-7H3,(H2,45,56)(H,49,59)(H,50,55)(H,51,54)(H,52,57)(H,53,58)(H4,46,47,48)/t33-,34-,35-,36-,39-/m0/s1. The molecule has 342 valence electrons. The summed E-state index contributed by atoms with van der Waals surface area (Å²) in [5.41, 5.74) is 16.3. The van der Waals surface area contributed by atoms with Gasteiger partial charge in [0.05, 0.1) is 6.54 Å². The maximum Gasteiger partial charge on any atom is 0.243 e. The molecule has 15 nitrogen and oxygen atoms in total. The Morgan fingerprint density at radius 2 is 1.00 bits per heavy atom. The van der Waals surface area contributed by atoms with Crippen LogP contribution in [0.3, 0.4) is 0 Å². The number of primary amides is 1. The number of nitrogens with zero attached hydrogens (tertiary/aromatic N) is 1. The Kier molecular flexibility index (Phi) is 31.6. The second kappa shape index (κ2) is 33.9. The Morgan fingerprint density at radius 3 is 1.47 bits per heavy atom. The number of aliphatic imine (C=N–C) groups is 1. The molecule has 0 aromatic carbocycles. The number of hydrogen-bond acceptors (Lipinski definition) is 7. The van der Waals surface area contributed by atoms with Crippen LogP contribution in [0.5, 0.6) is 0 Å². The third kappa shape index (κ3) is 29.0. The zero-order valence-corrected chi connectivity index (χ0v) is 37.9. The van der Waals surface area contributed by atoms with Gasteiger partial charge in [-0.25, -0.2) is 0 Å². The first-order chi connectivity index (χ1) is 28.0. The smallest absolute Gasteiger partial charge is 0.243 e. The van der Waals surface area contributed by atoms with Gasteiger partial charge in [-0.15, -0.1) is 0 Å². The lowest BCUT2D eigenvalue weighted by Crippen LogP contribution is -2.57. The molecule has 0 rings (SSSR count). The van der Waals surface area contributed by atoms with Crippen LogP contribution in [0.4, 0.5) is 0 Å². The van der Waals surface area contributed by atoms with E-state index in [0.717, 1.165) is 19.3 Å². The molecule has 0 radical (unpaired) electrons. The van der Waals surface area contributed by atoms with Gasteiger partial charge in [-0.05, 0) is 49.9 Å². The summed E-state index contributed by atoms with van der Waals surface area (Å²) in [5.74, 6) is -3.42. The maximum atomic E-state index is 13.6. The predicted octanol–water partition coefficient (Wildman–Crippen LogP) is 4.98. The number of guanidine groups is 1. The Labute approximate surface area is 356 Å². The zero-order valence-electron chi connectivity index (χ0n) is 37.9. The van der Waals surface area contributed by atoms with Crippen LogP contribution in [0.1, 0.15) is 183 Å². The number of hydrogen-bond donors (Lipinski definition) is 8. The van der Waals surface area contributed by atoms with E-state index in [-0.39, 0.29) is 42.6 Å². The molecule has 0 fully saturated rings. The second-order valence-electron chi connectivity index (χ2n) is 17.2. The number of carbonyl (C=O) groups excluding carboxylic acids is 6. The fraction of sp³-hybridized carbons (Fsp3) is 0.841. The van der Waals surface area contributed by atoms with Gasteiger partial charge in [0.25, 0.3) is 0 Å². The summed E-state index contributed by atoms with van der Waals surface area (Å²) < 4.78 is 0. The summed E-state index contributed by atoms with van der Waals surface area (Å²) in [6.07, 6.45) is 20.6. The molecule has 0 heterocycles. The van der Waals surface area contributed by atoms with E-state index >= 15 is 0 Å². The Morgan fingerprint density at radius 1 is 0.525 bits per heavy atom. The molecule has 0 aliphatic rings. The largest absolute Gasteiger partial charge is 0.370 e. The molecule has 0 aliphatic carbocycles. The third-order valence-corrected chi connectivity index (χ3v) is 10.5. The van der Waals surface area contributed by atoms with Crippen LogP contribution in [0.25, 0.3) is 0 Å². The quantitative estimate of drug-likeness (QED) is 0.0242. The second-order valence-corrected chi connectivity index (χ2v) is 17.2. The first kappa shape index (κ1) is 55.1. The molecule has 0 aromatic heterocycles. The van der Waals surface area contributed by atoms with Crippen LogP contribution in [-0.4, -0.2) is 78.7 Å². The molecular weight excluding hydrogens is 751 g/mol. The lowest BCUT2D eigenvalue weighted by Gasteiger charge is -2.27. The highest BCUT2D eigenvalue weighted by atomic mass is 16.2. The normalized spacial score (nSPS) is 13.8. The van der Waals surface area contributed by atoms with Crippen molar-refractivity contribution < 1.29 is 28.8 Å². The molecule has 5 atom stereocenters. The van der Waals surface area contributed by atoms with Gasteiger partial charge in [-0.2, -0.15) is 0 Å². The van der Waals surface area contributed by atoms with E-state index < -0.39 is 60.2 Å².